The molecule has 0 spiro atoms. The molecule has 0 amide bonds. The Morgan fingerprint density at radius 3 is 3.06 bits per heavy atom. The SMILES string of the molecule is Cc1cc(Cl)c2nc(CCC(=O)O)nn2c1. The van der Waals surface area contributed by atoms with E-state index in [4.69, 9.17) is 16.7 Å². The molecule has 84 valence electrons. The highest BCUT2D eigenvalue weighted by atomic mass is 35.5. The van der Waals surface area contributed by atoms with Crippen molar-refractivity contribution in [3.8, 4) is 0 Å². The zero-order chi connectivity index (χ0) is 11.7. The molecule has 0 fully saturated rings. The molecule has 0 aromatic carbocycles. The number of carbonyl (C=O) groups is 1. The van der Waals surface area contributed by atoms with Gasteiger partial charge in [-0.3, -0.25) is 4.79 Å². The molecule has 0 radical (unpaired) electrons. The summed E-state index contributed by atoms with van der Waals surface area (Å²) in [5.74, 6) is -0.365. The lowest BCUT2D eigenvalue weighted by Crippen LogP contribution is -1.99. The van der Waals surface area contributed by atoms with E-state index in [-0.39, 0.29) is 6.42 Å². The maximum atomic E-state index is 10.4. The first kappa shape index (κ1) is 10.9. The number of aliphatic carboxylic acids is 1. The fourth-order valence-electron chi connectivity index (χ4n) is 1.44. The fraction of sp³-hybridized carbons (Fsp3) is 0.300. The van der Waals surface area contributed by atoms with Crippen LogP contribution in [-0.4, -0.2) is 25.7 Å². The second-order valence-corrected chi connectivity index (χ2v) is 3.96. The van der Waals surface area contributed by atoms with Crippen LogP contribution in [0.25, 0.3) is 5.65 Å². The molecule has 0 aliphatic carbocycles. The third-order valence-corrected chi connectivity index (χ3v) is 2.41. The Morgan fingerprint density at radius 2 is 2.38 bits per heavy atom. The van der Waals surface area contributed by atoms with Gasteiger partial charge in [0.1, 0.15) is 0 Å². The second kappa shape index (κ2) is 4.09. The minimum atomic E-state index is -0.860. The third kappa shape index (κ3) is 2.14. The van der Waals surface area contributed by atoms with Gasteiger partial charge in [0, 0.05) is 12.6 Å². The Labute approximate surface area is 96.7 Å². The molecule has 2 heterocycles. The van der Waals surface area contributed by atoms with Gasteiger partial charge in [-0.15, -0.1) is 0 Å². The van der Waals surface area contributed by atoms with Crippen LogP contribution in [0.1, 0.15) is 17.8 Å². The Morgan fingerprint density at radius 1 is 1.62 bits per heavy atom. The van der Waals surface area contributed by atoms with Crippen LogP contribution < -0.4 is 0 Å². The molecule has 0 saturated heterocycles. The lowest BCUT2D eigenvalue weighted by Gasteiger charge is -1.95. The number of nitrogens with zero attached hydrogens (tertiary/aromatic N) is 3. The van der Waals surface area contributed by atoms with Crippen molar-refractivity contribution in [2.24, 2.45) is 0 Å². The summed E-state index contributed by atoms with van der Waals surface area (Å²) in [7, 11) is 0. The Hall–Kier alpha value is -1.62. The van der Waals surface area contributed by atoms with Crippen LogP contribution in [0.2, 0.25) is 5.02 Å². The standard InChI is InChI=1S/C10H10ClN3O2/c1-6-4-7(11)10-12-8(2-3-9(15)16)13-14(10)5-6/h4-5H,2-3H2,1H3,(H,15,16). The first-order valence-electron chi connectivity index (χ1n) is 4.79. The van der Waals surface area contributed by atoms with Gasteiger partial charge in [0.15, 0.2) is 11.5 Å². The van der Waals surface area contributed by atoms with Crippen molar-refractivity contribution in [1.29, 1.82) is 0 Å². The minimum Gasteiger partial charge on any atom is -0.481 e. The van der Waals surface area contributed by atoms with E-state index in [1.165, 1.54) is 0 Å². The van der Waals surface area contributed by atoms with E-state index in [2.05, 4.69) is 10.1 Å². The fourth-order valence-corrected chi connectivity index (χ4v) is 1.74. The average Bonchev–Trinajstić information content (AvgIpc) is 2.57. The van der Waals surface area contributed by atoms with Crippen molar-refractivity contribution in [1.82, 2.24) is 14.6 Å². The van der Waals surface area contributed by atoms with Crippen molar-refractivity contribution in [3.63, 3.8) is 0 Å². The first-order chi connectivity index (χ1) is 7.56. The molecule has 2 rings (SSSR count). The van der Waals surface area contributed by atoms with Crippen LogP contribution in [0, 0.1) is 6.92 Å². The maximum absolute atomic E-state index is 10.4. The van der Waals surface area contributed by atoms with Crippen LogP contribution in [0.5, 0.6) is 0 Å². The van der Waals surface area contributed by atoms with Gasteiger partial charge in [-0.25, -0.2) is 9.50 Å². The lowest BCUT2D eigenvalue weighted by molar-refractivity contribution is -0.137. The van der Waals surface area contributed by atoms with Crippen molar-refractivity contribution in [2.75, 3.05) is 0 Å². The predicted octanol–water partition coefficient (Wildman–Crippen LogP) is 1.71. The van der Waals surface area contributed by atoms with Gasteiger partial charge in [0.25, 0.3) is 0 Å². The maximum Gasteiger partial charge on any atom is 0.303 e. The van der Waals surface area contributed by atoms with Gasteiger partial charge in [-0.1, -0.05) is 11.6 Å². The van der Waals surface area contributed by atoms with Gasteiger partial charge in [0.2, 0.25) is 0 Å². The Kier molecular flexibility index (Phi) is 2.78. The van der Waals surface area contributed by atoms with E-state index in [1.807, 2.05) is 6.92 Å². The number of hydrogen-bond donors (Lipinski definition) is 1. The molecule has 5 nitrogen and oxygen atoms in total. The van der Waals surface area contributed by atoms with Gasteiger partial charge in [-0.2, -0.15) is 5.10 Å². The molecule has 0 atom stereocenters. The number of hydrogen-bond acceptors (Lipinski definition) is 3. The quantitative estimate of drug-likeness (QED) is 0.885. The molecule has 0 aliphatic rings. The zero-order valence-corrected chi connectivity index (χ0v) is 9.40. The molecule has 0 unspecified atom stereocenters. The summed E-state index contributed by atoms with van der Waals surface area (Å²) < 4.78 is 1.58. The van der Waals surface area contributed by atoms with E-state index in [0.717, 1.165) is 5.56 Å². The highest BCUT2D eigenvalue weighted by Crippen LogP contribution is 2.17. The van der Waals surface area contributed by atoms with E-state index >= 15 is 0 Å². The van der Waals surface area contributed by atoms with Crippen LogP contribution in [-0.2, 0) is 11.2 Å². The van der Waals surface area contributed by atoms with E-state index in [1.54, 1.807) is 16.8 Å². The predicted molar refractivity (Wildman–Crippen MR) is 58.7 cm³/mol. The Bertz CT molecular complexity index is 550. The highest BCUT2D eigenvalue weighted by molar-refractivity contribution is 6.33. The van der Waals surface area contributed by atoms with Crippen LogP contribution in [0.15, 0.2) is 12.3 Å². The largest absolute Gasteiger partial charge is 0.481 e. The minimum absolute atomic E-state index is 0.0213. The molecule has 2 aromatic heterocycles. The molecule has 6 heteroatoms. The molecular weight excluding hydrogens is 230 g/mol. The summed E-state index contributed by atoms with van der Waals surface area (Å²) >= 11 is 6.00. The summed E-state index contributed by atoms with van der Waals surface area (Å²) in [6, 6.07) is 1.80. The third-order valence-electron chi connectivity index (χ3n) is 2.13. The number of aryl methyl sites for hydroxylation is 2. The summed E-state index contributed by atoms with van der Waals surface area (Å²) in [6.07, 6.45) is 2.14. The van der Waals surface area contributed by atoms with Crippen molar-refractivity contribution < 1.29 is 9.90 Å². The molecule has 1 N–H and O–H groups in total. The van der Waals surface area contributed by atoms with Crippen LogP contribution in [0.3, 0.4) is 0 Å². The summed E-state index contributed by atoms with van der Waals surface area (Å²) in [5, 5.41) is 13.2. The summed E-state index contributed by atoms with van der Waals surface area (Å²) in [4.78, 5) is 14.6. The monoisotopic (exact) mass is 239 g/mol. The number of rotatable bonds is 3. The summed E-state index contributed by atoms with van der Waals surface area (Å²) in [5.41, 5.74) is 1.54. The smallest absolute Gasteiger partial charge is 0.303 e. The number of carboxylic acids is 1. The molecule has 16 heavy (non-hydrogen) atoms. The summed E-state index contributed by atoms with van der Waals surface area (Å²) in [6.45, 7) is 1.91. The molecule has 2 aromatic rings. The number of fused-ring (bicyclic) bond motifs is 1. The molecule has 0 bridgehead atoms. The van der Waals surface area contributed by atoms with Crippen molar-refractivity contribution >= 4 is 23.2 Å². The normalized spacial score (nSPS) is 10.9. The number of pyridine rings is 1. The second-order valence-electron chi connectivity index (χ2n) is 3.56. The van der Waals surface area contributed by atoms with Gasteiger partial charge in [-0.05, 0) is 18.6 Å². The molecular formula is C10H10ClN3O2. The number of carboxylic acid groups (broad SMARTS) is 1. The Balaban J connectivity index is 2.36. The van der Waals surface area contributed by atoms with E-state index < -0.39 is 5.97 Å². The topological polar surface area (TPSA) is 67.5 Å². The van der Waals surface area contributed by atoms with E-state index in [9.17, 15) is 4.79 Å². The van der Waals surface area contributed by atoms with Gasteiger partial charge < -0.3 is 5.11 Å². The zero-order valence-electron chi connectivity index (χ0n) is 8.64. The van der Waals surface area contributed by atoms with Crippen LogP contribution >= 0.6 is 11.6 Å². The van der Waals surface area contributed by atoms with Crippen LogP contribution in [0.4, 0.5) is 0 Å². The van der Waals surface area contributed by atoms with Gasteiger partial charge in [0.05, 0.1) is 11.4 Å². The number of aromatic nitrogens is 3. The highest BCUT2D eigenvalue weighted by Gasteiger charge is 2.09. The number of halogens is 1. The van der Waals surface area contributed by atoms with Gasteiger partial charge >= 0.3 is 5.97 Å². The molecule has 0 aliphatic heterocycles. The molecule has 0 saturated carbocycles. The van der Waals surface area contributed by atoms with Crippen molar-refractivity contribution in [3.05, 3.63) is 28.7 Å². The van der Waals surface area contributed by atoms with E-state index in [0.29, 0.717) is 22.9 Å². The lowest BCUT2D eigenvalue weighted by atomic mass is 10.3. The van der Waals surface area contributed by atoms with Crippen molar-refractivity contribution in [2.45, 2.75) is 19.8 Å². The first-order valence-corrected chi connectivity index (χ1v) is 5.17. The average molecular weight is 240 g/mol.